The third-order valence-corrected chi connectivity index (χ3v) is 5.34. The number of nitrogens with one attached hydrogen (secondary N) is 1. The van der Waals surface area contributed by atoms with E-state index in [1.807, 2.05) is 13.8 Å². The van der Waals surface area contributed by atoms with Crippen molar-refractivity contribution >= 4 is 27.9 Å². The Morgan fingerprint density at radius 1 is 1.15 bits per heavy atom. The molecule has 1 unspecified atom stereocenters. The molecule has 2 aromatic carbocycles. The van der Waals surface area contributed by atoms with Gasteiger partial charge < -0.3 is 14.8 Å². The molecule has 3 aromatic rings. The van der Waals surface area contributed by atoms with Crippen molar-refractivity contribution in [3.63, 3.8) is 0 Å². The van der Waals surface area contributed by atoms with Gasteiger partial charge in [0, 0.05) is 21.9 Å². The van der Waals surface area contributed by atoms with E-state index in [4.69, 9.17) is 4.74 Å². The summed E-state index contributed by atoms with van der Waals surface area (Å²) in [6.07, 6.45) is 6.93. The van der Waals surface area contributed by atoms with Gasteiger partial charge in [0.1, 0.15) is 11.4 Å². The molecule has 0 saturated heterocycles. The minimum Gasteiger partial charge on any atom is -0.483 e. The Kier molecular flexibility index (Phi) is 3.89. The summed E-state index contributed by atoms with van der Waals surface area (Å²) in [7, 11) is 0. The number of H-pyrrole nitrogens is 1. The molecule has 26 heavy (non-hydrogen) atoms. The molecule has 3 nitrogen and oxygen atoms in total. The highest BCUT2D eigenvalue weighted by atomic mass is 16.5. The molecule has 1 aromatic heterocycles. The summed E-state index contributed by atoms with van der Waals surface area (Å²) >= 11 is 0. The first-order chi connectivity index (χ1) is 12.2. The van der Waals surface area contributed by atoms with Crippen molar-refractivity contribution in [2.75, 3.05) is 0 Å². The van der Waals surface area contributed by atoms with Gasteiger partial charge in [-0.25, -0.2) is 0 Å². The van der Waals surface area contributed by atoms with Crippen molar-refractivity contribution in [2.24, 2.45) is 0 Å². The number of fused-ring (bicyclic) bond motifs is 5. The summed E-state index contributed by atoms with van der Waals surface area (Å²) in [5.41, 5.74) is 3.73. The summed E-state index contributed by atoms with van der Waals surface area (Å²) in [4.78, 5) is 3.56. The summed E-state index contributed by atoms with van der Waals surface area (Å²) in [6, 6.07) is 10.8. The molecular weight excluding hydrogens is 322 g/mol. The van der Waals surface area contributed by atoms with Crippen LogP contribution in [0.5, 0.6) is 5.75 Å². The SMILES string of the molecule is Cc1ccc2[nH]c3c4c(ccc3c2c1)OC(C)(CCCC(C)(C)O)C=C4. The van der Waals surface area contributed by atoms with Crippen molar-refractivity contribution in [1.82, 2.24) is 4.98 Å². The van der Waals surface area contributed by atoms with Crippen molar-refractivity contribution in [2.45, 2.75) is 58.2 Å². The van der Waals surface area contributed by atoms with Crippen LogP contribution in [0.25, 0.3) is 27.9 Å². The molecule has 0 spiro atoms. The molecule has 2 N–H and O–H groups in total. The Hall–Kier alpha value is -2.26. The van der Waals surface area contributed by atoms with E-state index in [1.165, 1.54) is 16.3 Å². The Morgan fingerprint density at radius 3 is 2.73 bits per heavy atom. The normalized spacial score (nSPS) is 19.7. The van der Waals surface area contributed by atoms with Crippen LogP contribution >= 0.6 is 0 Å². The molecule has 0 amide bonds. The first-order valence-corrected chi connectivity index (χ1v) is 9.40. The molecule has 2 heterocycles. The van der Waals surface area contributed by atoms with Crippen LogP contribution in [-0.4, -0.2) is 21.3 Å². The predicted molar refractivity (Wildman–Crippen MR) is 109 cm³/mol. The average molecular weight is 349 g/mol. The summed E-state index contributed by atoms with van der Waals surface area (Å²) in [6.45, 7) is 7.96. The third kappa shape index (κ3) is 3.12. The van der Waals surface area contributed by atoms with E-state index >= 15 is 0 Å². The van der Waals surface area contributed by atoms with E-state index < -0.39 is 5.60 Å². The fourth-order valence-corrected chi connectivity index (χ4v) is 3.89. The minimum absolute atomic E-state index is 0.325. The molecule has 1 aliphatic rings. The smallest absolute Gasteiger partial charge is 0.129 e. The van der Waals surface area contributed by atoms with Gasteiger partial charge in [-0.2, -0.15) is 0 Å². The van der Waals surface area contributed by atoms with Crippen molar-refractivity contribution in [3.05, 3.63) is 47.5 Å². The fraction of sp³-hybridized carbons (Fsp3) is 0.391. The van der Waals surface area contributed by atoms with E-state index in [0.29, 0.717) is 0 Å². The molecule has 4 rings (SSSR count). The molecule has 0 saturated carbocycles. The second-order valence-electron chi connectivity index (χ2n) is 8.49. The van der Waals surface area contributed by atoms with Crippen LogP contribution in [-0.2, 0) is 0 Å². The maximum atomic E-state index is 9.93. The molecule has 0 bridgehead atoms. The lowest BCUT2D eigenvalue weighted by molar-refractivity contribution is 0.0576. The zero-order valence-electron chi connectivity index (χ0n) is 16.0. The van der Waals surface area contributed by atoms with E-state index in [1.54, 1.807) is 0 Å². The lowest BCUT2D eigenvalue weighted by atomic mass is 9.91. The van der Waals surface area contributed by atoms with Gasteiger partial charge in [-0.3, -0.25) is 0 Å². The standard InChI is InChI=1S/C23H27NO2/c1-15-6-8-19-18(14-15)16-7-9-20-17(21(16)24-19)10-13-23(4,26-20)12-5-11-22(2,3)25/h6-10,13-14,24-25H,5,11-12H2,1-4H3. The lowest BCUT2D eigenvalue weighted by Gasteiger charge is -2.32. The zero-order chi connectivity index (χ0) is 18.5. The molecule has 1 aliphatic heterocycles. The second kappa shape index (κ2) is 5.88. The fourth-order valence-electron chi connectivity index (χ4n) is 3.89. The molecule has 0 fully saturated rings. The average Bonchev–Trinajstić information content (AvgIpc) is 2.91. The molecular formula is C23H27NO2. The summed E-state index contributed by atoms with van der Waals surface area (Å²) in [5.74, 6) is 0.925. The monoisotopic (exact) mass is 349 g/mol. The highest BCUT2D eigenvalue weighted by Crippen LogP contribution is 2.40. The van der Waals surface area contributed by atoms with Crippen molar-refractivity contribution in [3.8, 4) is 5.75 Å². The van der Waals surface area contributed by atoms with Gasteiger partial charge in [0.2, 0.25) is 0 Å². The largest absolute Gasteiger partial charge is 0.483 e. The van der Waals surface area contributed by atoms with Crippen LogP contribution in [0.3, 0.4) is 0 Å². The highest BCUT2D eigenvalue weighted by molar-refractivity contribution is 6.10. The lowest BCUT2D eigenvalue weighted by Crippen LogP contribution is -2.32. The van der Waals surface area contributed by atoms with Gasteiger partial charge in [-0.15, -0.1) is 0 Å². The molecule has 1 atom stereocenters. The number of hydrogen-bond donors (Lipinski definition) is 2. The minimum atomic E-state index is -0.624. The number of ether oxygens (including phenoxy) is 1. The number of aliphatic hydroxyl groups is 1. The molecule has 0 radical (unpaired) electrons. The first-order valence-electron chi connectivity index (χ1n) is 9.40. The van der Waals surface area contributed by atoms with E-state index in [2.05, 4.69) is 61.3 Å². The van der Waals surface area contributed by atoms with Crippen LogP contribution < -0.4 is 4.74 Å². The quantitative estimate of drug-likeness (QED) is 0.631. The molecule has 0 aliphatic carbocycles. The van der Waals surface area contributed by atoms with Crippen LogP contribution in [0, 0.1) is 6.92 Å². The van der Waals surface area contributed by atoms with Gasteiger partial charge in [0.05, 0.1) is 11.1 Å². The number of hydrogen-bond acceptors (Lipinski definition) is 2. The van der Waals surface area contributed by atoms with Crippen LogP contribution in [0.15, 0.2) is 36.4 Å². The second-order valence-corrected chi connectivity index (χ2v) is 8.49. The highest BCUT2D eigenvalue weighted by Gasteiger charge is 2.29. The van der Waals surface area contributed by atoms with Crippen LogP contribution in [0.2, 0.25) is 0 Å². The first kappa shape index (κ1) is 17.2. The van der Waals surface area contributed by atoms with Crippen LogP contribution in [0.1, 0.15) is 51.2 Å². The van der Waals surface area contributed by atoms with Gasteiger partial charge in [0.15, 0.2) is 0 Å². The summed E-state index contributed by atoms with van der Waals surface area (Å²) in [5, 5.41) is 12.4. The maximum absolute atomic E-state index is 9.93. The zero-order valence-corrected chi connectivity index (χ0v) is 16.0. The Balaban J connectivity index is 1.67. The third-order valence-electron chi connectivity index (χ3n) is 5.34. The van der Waals surface area contributed by atoms with E-state index in [9.17, 15) is 5.11 Å². The number of aryl methyl sites for hydroxylation is 1. The number of aromatic amines is 1. The number of aromatic nitrogens is 1. The Labute approximate surface area is 154 Å². The topological polar surface area (TPSA) is 45.2 Å². The van der Waals surface area contributed by atoms with Gasteiger partial charge >= 0.3 is 0 Å². The Morgan fingerprint density at radius 2 is 1.96 bits per heavy atom. The van der Waals surface area contributed by atoms with Gasteiger partial charge in [0.25, 0.3) is 0 Å². The predicted octanol–water partition coefficient (Wildman–Crippen LogP) is 5.74. The molecule has 136 valence electrons. The molecule has 3 heteroatoms. The number of benzene rings is 2. The van der Waals surface area contributed by atoms with Crippen LogP contribution in [0.4, 0.5) is 0 Å². The van der Waals surface area contributed by atoms with Gasteiger partial charge in [-0.05, 0) is 83.4 Å². The van der Waals surface area contributed by atoms with Crippen molar-refractivity contribution in [1.29, 1.82) is 0 Å². The Bertz CT molecular complexity index is 1010. The van der Waals surface area contributed by atoms with Gasteiger partial charge in [-0.1, -0.05) is 11.6 Å². The summed E-state index contributed by atoms with van der Waals surface area (Å²) < 4.78 is 6.37. The maximum Gasteiger partial charge on any atom is 0.129 e. The number of rotatable bonds is 4. The van der Waals surface area contributed by atoms with E-state index in [0.717, 1.165) is 41.6 Å². The van der Waals surface area contributed by atoms with E-state index in [-0.39, 0.29) is 5.60 Å². The van der Waals surface area contributed by atoms with Crippen molar-refractivity contribution < 1.29 is 9.84 Å².